The normalized spacial score (nSPS) is 9.81. The lowest BCUT2D eigenvalue weighted by Gasteiger charge is -2.12. The third-order valence-electron chi connectivity index (χ3n) is 2.26. The molecular formula is C12H13N3S. The van der Waals surface area contributed by atoms with Crippen LogP contribution in [0.5, 0.6) is 0 Å². The van der Waals surface area contributed by atoms with Gasteiger partial charge < -0.3 is 15.2 Å². The van der Waals surface area contributed by atoms with E-state index < -0.39 is 0 Å². The molecule has 1 aromatic heterocycles. The molecule has 2 aromatic rings. The van der Waals surface area contributed by atoms with Crippen molar-refractivity contribution in [2.45, 2.75) is 0 Å². The summed E-state index contributed by atoms with van der Waals surface area (Å²) in [7, 11) is 1.80. The number of nitrogens with one attached hydrogen (secondary N) is 2. The van der Waals surface area contributed by atoms with Gasteiger partial charge in [0.2, 0.25) is 0 Å². The molecular weight excluding hydrogens is 218 g/mol. The first-order valence-corrected chi connectivity index (χ1v) is 5.43. The van der Waals surface area contributed by atoms with E-state index in [2.05, 4.69) is 10.6 Å². The molecule has 2 N–H and O–H groups in total. The third-order valence-corrected chi connectivity index (χ3v) is 2.57. The Bertz CT molecular complexity index is 477. The van der Waals surface area contributed by atoms with E-state index in [1.165, 1.54) is 0 Å². The SMILES string of the molecule is CNC(=S)Nc1ccccc1-n1cccc1. The van der Waals surface area contributed by atoms with Crippen molar-refractivity contribution in [2.75, 3.05) is 12.4 Å². The molecule has 0 aliphatic heterocycles. The number of hydrogen-bond donors (Lipinski definition) is 2. The molecule has 1 aromatic carbocycles. The molecule has 0 fully saturated rings. The second-order valence-corrected chi connectivity index (χ2v) is 3.72. The molecule has 0 aliphatic carbocycles. The fraction of sp³-hybridized carbons (Fsp3) is 0.0833. The molecule has 0 aliphatic rings. The van der Waals surface area contributed by atoms with Gasteiger partial charge in [0.25, 0.3) is 0 Å². The Balaban J connectivity index is 2.35. The molecule has 0 spiro atoms. The number of rotatable bonds is 2. The minimum absolute atomic E-state index is 0.611. The number of anilines is 1. The fourth-order valence-electron chi connectivity index (χ4n) is 1.48. The van der Waals surface area contributed by atoms with Gasteiger partial charge in [-0.25, -0.2) is 0 Å². The zero-order valence-electron chi connectivity index (χ0n) is 8.97. The topological polar surface area (TPSA) is 29.0 Å². The Morgan fingerprint density at radius 2 is 1.81 bits per heavy atom. The van der Waals surface area contributed by atoms with Crippen LogP contribution in [0, 0.1) is 0 Å². The van der Waals surface area contributed by atoms with Crippen LogP contribution in [0.4, 0.5) is 5.69 Å². The first kappa shape index (κ1) is 10.7. The first-order valence-electron chi connectivity index (χ1n) is 5.02. The Kier molecular flexibility index (Phi) is 3.22. The Labute approximate surface area is 100 Å². The zero-order valence-corrected chi connectivity index (χ0v) is 9.79. The summed E-state index contributed by atoms with van der Waals surface area (Å²) in [6.07, 6.45) is 4.01. The minimum Gasteiger partial charge on any atom is -0.366 e. The third kappa shape index (κ3) is 2.23. The van der Waals surface area contributed by atoms with Gasteiger partial charge in [0.1, 0.15) is 0 Å². The van der Waals surface area contributed by atoms with Crippen molar-refractivity contribution in [3.8, 4) is 5.69 Å². The average molecular weight is 231 g/mol. The summed E-state index contributed by atoms with van der Waals surface area (Å²) in [5.74, 6) is 0. The zero-order chi connectivity index (χ0) is 11.4. The van der Waals surface area contributed by atoms with Gasteiger partial charge in [-0.2, -0.15) is 0 Å². The van der Waals surface area contributed by atoms with Crippen molar-refractivity contribution in [3.63, 3.8) is 0 Å². The summed E-state index contributed by atoms with van der Waals surface area (Å²) >= 11 is 5.09. The number of nitrogens with zero attached hydrogens (tertiary/aromatic N) is 1. The lowest BCUT2D eigenvalue weighted by Crippen LogP contribution is -2.24. The fourth-order valence-corrected chi connectivity index (χ4v) is 1.59. The second kappa shape index (κ2) is 4.81. The molecule has 0 saturated heterocycles. The maximum atomic E-state index is 5.09. The van der Waals surface area contributed by atoms with Crippen LogP contribution >= 0.6 is 12.2 Å². The van der Waals surface area contributed by atoms with Gasteiger partial charge >= 0.3 is 0 Å². The molecule has 0 amide bonds. The maximum Gasteiger partial charge on any atom is 0.170 e. The lowest BCUT2D eigenvalue weighted by molar-refractivity contribution is 1.08. The molecule has 0 saturated carbocycles. The number of thiocarbonyl (C=S) groups is 1. The van der Waals surface area contributed by atoms with Gasteiger partial charge in [-0.15, -0.1) is 0 Å². The molecule has 0 unspecified atom stereocenters. The Morgan fingerprint density at radius 3 is 2.50 bits per heavy atom. The molecule has 0 radical (unpaired) electrons. The number of para-hydroxylation sites is 2. The van der Waals surface area contributed by atoms with Crippen LogP contribution in [-0.4, -0.2) is 16.7 Å². The Morgan fingerprint density at radius 1 is 1.12 bits per heavy atom. The second-order valence-electron chi connectivity index (χ2n) is 3.31. The van der Waals surface area contributed by atoms with Crippen molar-refractivity contribution in [1.82, 2.24) is 9.88 Å². The van der Waals surface area contributed by atoms with Gasteiger partial charge in [0.15, 0.2) is 5.11 Å². The van der Waals surface area contributed by atoms with Crippen molar-refractivity contribution >= 4 is 23.0 Å². The largest absolute Gasteiger partial charge is 0.366 e. The highest BCUT2D eigenvalue weighted by atomic mass is 32.1. The maximum absolute atomic E-state index is 5.09. The predicted molar refractivity (Wildman–Crippen MR) is 71.0 cm³/mol. The van der Waals surface area contributed by atoms with Crippen LogP contribution in [0.2, 0.25) is 0 Å². The molecule has 2 rings (SSSR count). The van der Waals surface area contributed by atoms with Crippen molar-refractivity contribution < 1.29 is 0 Å². The quantitative estimate of drug-likeness (QED) is 0.778. The van der Waals surface area contributed by atoms with E-state index in [9.17, 15) is 0 Å². The van der Waals surface area contributed by atoms with Gasteiger partial charge in [-0.05, 0) is 36.5 Å². The van der Waals surface area contributed by atoms with E-state index in [0.29, 0.717) is 5.11 Å². The molecule has 82 valence electrons. The molecule has 4 heteroatoms. The monoisotopic (exact) mass is 231 g/mol. The van der Waals surface area contributed by atoms with Gasteiger partial charge in [-0.1, -0.05) is 12.1 Å². The van der Waals surface area contributed by atoms with Crippen LogP contribution in [-0.2, 0) is 0 Å². The van der Waals surface area contributed by atoms with Crippen LogP contribution in [0.1, 0.15) is 0 Å². The summed E-state index contributed by atoms with van der Waals surface area (Å²) < 4.78 is 2.04. The summed E-state index contributed by atoms with van der Waals surface area (Å²) in [5.41, 5.74) is 2.06. The highest BCUT2D eigenvalue weighted by molar-refractivity contribution is 7.80. The van der Waals surface area contributed by atoms with Crippen molar-refractivity contribution in [1.29, 1.82) is 0 Å². The Hall–Kier alpha value is -1.81. The molecule has 3 nitrogen and oxygen atoms in total. The van der Waals surface area contributed by atoms with E-state index in [0.717, 1.165) is 11.4 Å². The van der Waals surface area contributed by atoms with E-state index in [1.54, 1.807) is 7.05 Å². The van der Waals surface area contributed by atoms with Crippen molar-refractivity contribution in [2.24, 2.45) is 0 Å². The smallest absolute Gasteiger partial charge is 0.170 e. The summed E-state index contributed by atoms with van der Waals surface area (Å²) in [5, 5.41) is 6.66. The number of hydrogen-bond acceptors (Lipinski definition) is 1. The molecule has 16 heavy (non-hydrogen) atoms. The number of aromatic nitrogens is 1. The summed E-state index contributed by atoms with van der Waals surface area (Å²) in [6.45, 7) is 0. The highest BCUT2D eigenvalue weighted by Crippen LogP contribution is 2.19. The molecule has 0 atom stereocenters. The van der Waals surface area contributed by atoms with Gasteiger partial charge in [-0.3, -0.25) is 0 Å². The first-order chi connectivity index (χ1) is 7.81. The van der Waals surface area contributed by atoms with Crippen LogP contribution in [0.25, 0.3) is 5.69 Å². The van der Waals surface area contributed by atoms with E-state index in [-0.39, 0.29) is 0 Å². The summed E-state index contributed by atoms with van der Waals surface area (Å²) in [6, 6.07) is 12.0. The van der Waals surface area contributed by atoms with Crippen molar-refractivity contribution in [3.05, 3.63) is 48.8 Å². The predicted octanol–water partition coefficient (Wildman–Crippen LogP) is 2.39. The van der Waals surface area contributed by atoms with E-state index >= 15 is 0 Å². The average Bonchev–Trinajstić information content (AvgIpc) is 2.83. The summed E-state index contributed by atoms with van der Waals surface area (Å²) in [4.78, 5) is 0. The lowest BCUT2D eigenvalue weighted by atomic mass is 10.2. The van der Waals surface area contributed by atoms with Crippen LogP contribution in [0.3, 0.4) is 0 Å². The molecule has 0 bridgehead atoms. The van der Waals surface area contributed by atoms with E-state index in [4.69, 9.17) is 12.2 Å². The van der Waals surface area contributed by atoms with Gasteiger partial charge in [0, 0.05) is 19.4 Å². The molecule has 1 heterocycles. The van der Waals surface area contributed by atoms with Crippen LogP contribution in [0.15, 0.2) is 48.8 Å². The van der Waals surface area contributed by atoms with Crippen LogP contribution < -0.4 is 10.6 Å². The van der Waals surface area contributed by atoms with Gasteiger partial charge in [0.05, 0.1) is 11.4 Å². The number of benzene rings is 1. The standard InChI is InChI=1S/C12H13N3S/c1-13-12(16)14-10-6-2-3-7-11(10)15-8-4-5-9-15/h2-9H,1H3,(H2,13,14,16). The minimum atomic E-state index is 0.611. The highest BCUT2D eigenvalue weighted by Gasteiger charge is 2.03. The van der Waals surface area contributed by atoms with E-state index in [1.807, 2.05) is 53.4 Å².